The summed E-state index contributed by atoms with van der Waals surface area (Å²) in [5, 5.41) is 12.6. The number of hydrogen-bond donors (Lipinski definition) is 2. The van der Waals surface area contributed by atoms with Gasteiger partial charge in [-0.05, 0) is 54.5 Å². The van der Waals surface area contributed by atoms with Crippen molar-refractivity contribution in [3.63, 3.8) is 0 Å². The number of rotatable bonds is 3. The topological polar surface area (TPSA) is 66.4 Å². The molecule has 0 atom stereocenters. The first-order valence-electron chi connectivity index (χ1n) is 7.71. The van der Waals surface area contributed by atoms with Gasteiger partial charge in [-0.25, -0.2) is 9.18 Å². The highest BCUT2D eigenvalue weighted by molar-refractivity contribution is 7.17. The Labute approximate surface area is 143 Å². The number of thiophene rings is 1. The third-order valence-electron chi connectivity index (χ3n) is 4.33. The maximum atomic E-state index is 13.0. The fourth-order valence-electron chi connectivity index (χ4n) is 3.00. The van der Waals surface area contributed by atoms with Crippen molar-refractivity contribution in [2.75, 3.05) is 5.32 Å². The lowest BCUT2D eigenvalue weighted by Crippen LogP contribution is -2.22. The number of aromatic carboxylic acids is 1. The minimum atomic E-state index is -1.03. The number of carboxylic acid groups (broad SMARTS) is 1. The van der Waals surface area contributed by atoms with E-state index in [0.29, 0.717) is 17.0 Å². The standard InChI is InChI=1S/C18H18FNO3S/c1-18(2)8-7-12-13(9-18)24-16(14(12)17(22)23)20-15(21)10-3-5-11(19)6-4-10/h3-6H,7-9H2,1-2H3,(H,20,21)(H,22,23). The van der Waals surface area contributed by atoms with Gasteiger partial charge in [-0.1, -0.05) is 13.8 Å². The smallest absolute Gasteiger partial charge is 0.339 e. The molecule has 1 aromatic heterocycles. The fourth-order valence-corrected chi connectivity index (χ4v) is 4.49. The van der Waals surface area contributed by atoms with Crippen LogP contribution in [0.3, 0.4) is 0 Å². The second-order valence-corrected chi connectivity index (χ2v) is 7.92. The number of anilines is 1. The van der Waals surface area contributed by atoms with Crippen LogP contribution in [-0.4, -0.2) is 17.0 Å². The minimum Gasteiger partial charge on any atom is -0.478 e. The van der Waals surface area contributed by atoms with Crippen molar-refractivity contribution in [2.45, 2.75) is 33.1 Å². The van der Waals surface area contributed by atoms with Crippen LogP contribution in [-0.2, 0) is 12.8 Å². The van der Waals surface area contributed by atoms with Crippen LogP contribution in [0.25, 0.3) is 0 Å². The number of hydrogen-bond acceptors (Lipinski definition) is 3. The number of carbonyl (C=O) groups excluding carboxylic acids is 1. The van der Waals surface area contributed by atoms with Crippen LogP contribution in [0.4, 0.5) is 9.39 Å². The van der Waals surface area contributed by atoms with Crippen molar-refractivity contribution in [3.8, 4) is 0 Å². The van der Waals surface area contributed by atoms with E-state index < -0.39 is 17.7 Å². The Morgan fingerprint density at radius 3 is 2.54 bits per heavy atom. The Hall–Kier alpha value is -2.21. The van der Waals surface area contributed by atoms with Gasteiger partial charge in [0.05, 0.1) is 5.56 Å². The van der Waals surface area contributed by atoms with Crippen molar-refractivity contribution in [1.29, 1.82) is 0 Å². The van der Waals surface area contributed by atoms with Crippen LogP contribution < -0.4 is 5.32 Å². The molecule has 24 heavy (non-hydrogen) atoms. The van der Waals surface area contributed by atoms with E-state index in [-0.39, 0.29) is 11.0 Å². The summed E-state index contributed by atoms with van der Waals surface area (Å²) in [7, 11) is 0. The molecule has 126 valence electrons. The Bertz CT molecular complexity index is 808. The van der Waals surface area contributed by atoms with E-state index in [0.717, 1.165) is 23.3 Å². The van der Waals surface area contributed by atoms with Crippen LogP contribution in [0, 0.1) is 11.2 Å². The molecule has 2 aromatic rings. The average molecular weight is 347 g/mol. The summed E-state index contributed by atoms with van der Waals surface area (Å²) in [4.78, 5) is 25.0. The minimum absolute atomic E-state index is 0.131. The lowest BCUT2D eigenvalue weighted by atomic mass is 9.77. The van der Waals surface area contributed by atoms with Crippen molar-refractivity contribution < 1.29 is 19.1 Å². The number of benzene rings is 1. The summed E-state index contributed by atoms with van der Waals surface area (Å²) in [6.07, 6.45) is 2.43. The van der Waals surface area contributed by atoms with Crippen LogP contribution in [0.15, 0.2) is 24.3 Å². The molecule has 1 heterocycles. The van der Waals surface area contributed by atoms with Gasteiger partial charge < -0.3 is 10.4 Å². The third-order valence-corrected chi connectivity index (χ3v) is 5.48. The van der Waals surface area contributed by atoms with Gasteiger partial charge in [0.1, 0.15) is 10.8 Å². The Morgan fingerprint density at radius 1 is 1.25 bits per heavy atom. The van der Waals surface area contributed by atoms with Crippen molar-refractivity contribution in [1.82, 2.24) is 0 Å². The van der Waals surface area contributed by atoms with Gasteiger partial charge in [-0.2, -0.15) is 0 Å². The molecule has 0 fully saturated rings. The normalized spacial score (nSPS) is 15.6. The molecule has 0 saturated carbocycles. The van der Waals surface area contributed by atoms with Crippen LogP contribution in [0.1, 0.15) is 51.4 Å². The number of nitrogens with one attached hydrogen (secondary N) is 1. The molecular weight excluding hydrogens is 329 g/mol. The highest BCUT2D eigenvalue weighted by atomic mass is 32.1. The summed E-state index contributed by atoms with van der Waals surface area (Å²) in [6.45, 7) is 4.32. The predicted octanol–water partition coefficient (Wildman–Crippen LogP) is 4.35. The SMILES string of the molecule is CC1(C)CCc2c(sc(NC(=O)c3ccc(F)cc3)c2C(=O)O)C1. The zero-order valence-electron chi connectivity index (χ0n) is 13.5. The molecule has 2 N–H and O–H groups in total. The van der Waals surface area contributed by atoms with Crippen LogP contribution in [0.2, 0.25) is 0 Å². The van der Waals surface area contributed by atoms with E-state index in [1.54, 1.807) is 0 Å². The maximum absolute atomic E-state index is 13.0. The highest BCUT2D eigenvalue weighted by Crippen LogP contribution is 2.43. The number of fused-ring (bicyclic) bond motifs is 1. The first-order valence-corrected chi connectivity index (χ1v) is 8.53. The first kappa shape index (κ1) is 16.6. The van der Waals surface area contributed by atoms with Gasteiger partial charge >= 0.3 is 5.97 Å². The molecule has 6 heteroatoms. The summed E-state index contributed by atoms with van der Waals surface area (Å²) in [5.41, 5.74) is 1.45. The Kier molecular flexibility index (Phi) is 4.17. The van der Waals surface area contributed by atoms with Crippen LogP contribution >= 0.6 is 11.3 Å². The van der Waals surface area contributed by atoms with E-state index in [1.807, 2.05) is 0 Å². The van der Waals surface area contributed by atoms with Crippen molar-refractivity contribution >= 4 is 28.2 Å². The van der Waals surface area contributed by atoms with E-state index in [1.165, 1.54) is 35.6 Å². The van der Waals surface area contributed by atoms with Crippen molar-refractivity contribution in [3.05, 3.63) is 51.7 Å². The molecule has 1 aliphatic carbocycles. The van der Waals surface area contributed by atoms with Crippen molar-refractivity contribution in [2.24, 2.45) is 5.41 Å². The maximum Gasteiger partial charge on any atom is 0.339 e. The number of carbonyl (C=O) groups is 2. The molecule has 3 rings (SSSR count). The predicted molar refractivity (Wildman–Crippen MR) is 91.4 cm³/mol. The Morgan fingerprint density at radius 2 is 1.92 bits per heavy atom. The molecule has 0 saturated heterocycles. The summed E-state index contributed by atoms with van der Waals surface area (Å²) in [6, 6.07) is 5.16. The monoisotopic (exact) mass is 347 g/mol. The number of halogens is 1. The summed E-state index contributed by atoms with van der Waals surface area (Å²) < 4.78 is 13.0. The second kappa shape index (κ2) is 6.02. The molecular formula is C18H18FNO3S. The van der Waals surface area contributed by atoms with E-state index >= 15 is 0 Å². The third kappa shape index (κ3) is 3.19. The van der Waals surface area contributed by atoms with E-state index in [9.17, 15) is 19.1 Å². The zero-order chi connectivity index (χ0) is 17.5. The zero-order valence-corrected chi connectivity index (χ0v) is 14.3. The molecule has 0 unspecified atom stereocenters. The average Bonchev–Trinajstić information content (AvgIpc) is 2.83. The molecule has 0 aliphatic heterocycles. The summed E-state index contributed by atoms with van der Waals surface area (Å²) in [5.74, 6) is -1.89. The van der Waals surface area contributed by atoms with Gasteiger partial charge in [0.15, 0.2) is 0 Å². The molecule has 1 aromatic carbocycles. The first-order chi connectivity index (χ1) is 11.3. The van der Waals surface area contributed by atoms with Gasteiger partial charge in [0.25, 0.3) is 5.91 Å². The van der Waals surface area contributed by atoms with Gasteiger partial charge in [-0.3, -0.25) is 4.79 Å². The number of carboxylic acids is 1. The van der Waals surface area contributed by atoms with E-state index in [4.69, 9.17) is 0 Å². The Balaban J connectivity index is 1.93. The lowest BCUT2D eigenvalue weighted by Gasteiger charge is -2.29. The molecule has 0 spiro atoms. The van der Waals surface area contributed by atoms with Crippen LogP contribution in [0.5, 0.6) is 0 Å². The second-order valence-electron chi connectivity index (χ2n) is 6.82. The number of amides is 1. The lowest BCUT2D eigenvalue weighted by molar-refractivity contribution is 0.0696. The van der Waals surface area contributed by atoms with E-state index in [2.05, 4.69) is 19.2 Å². The largest absolute Gasteiger partial charge is 0.478 e. The van der Waals surface area contributed by atoms with Gasteiger partial charge in [-0.15, -0.1) is 11.3 Å². The molecule has 1 amide bonds. The molecule has 4 nitrogen and oxygen atoms in total. The van der Waals surface area contributed by atoms with Gasteiger partial charge in [0.2, 0.25) is 0 Å². The highest BCUT2D eigenvalue weighted by Gasteiger charge is 2.32. The molecule has 1 aliphatic rings. The van der Waals surface area contributed by atoms with Gasteiger partial charge in [0, 0.05) is 10.4 Å². The molecule has 0 bridgehead atoms. The fraction of sp³-hybridized carbons (Fsp3) is 0.333. The molecule has 0 radical (unpaired) electrons. The quantitative estimate of drug-likeness (QED) is 0.867. The summed E-state index contributed by atoms with van der Waals surface area (Å²) >= 11 is 1.33.